The van der Waals surface area contributed by atoms with Crippen molar-refractivity contribution in [2.45, 2.75) is 11.4 Å². The van der Waals surface area contributed by atoms with E-state index in [2.05, 4.69) is 60.0 Å². The molecule has 84 valence electrons. The van der Waals surface area contributed by atoms with Gasteiger partial charge in [-0.25, -0.2) is 0 Å². The Labute approximate surface area is 106 Å². The van der Waals surface area contributed by atoms with Crippen LogP contribution in [0.4, 0.5) is 5.69 Å². The van der Waals surface area contributed by atoms with Crippen LogP contribution >= 0.6 is 11.8 Å². The minimum absolute atomic E-state index is 0.893. The monoisotopic (exact) mass is 239 g/mol. The number of hydrogen-bond donors (Lipinski definition) is 0. The third-order valence-electron chi connectivity index (χ3n) is 2.87. The molecule has 0 fully saturated rings. The molecule has 1 heterocycles. The van der Waals surface area contributed by atoms with Crippen molar-refractivity contribution in [2.24, 2.45) is 0 Å². The summed E-state index contributed by atoms with van der Waals surface area (Å²) in [5.74, 6) is 0. The Morgan fingerprint density at radius 2 is 1.65 bits per heavy atom. The molecule has 0 amide bonds. The van der Waals surface area contributed by atoms with Gasteiger partial charge in [-0.1, -0.05) is 60.8 Å². The van der Waals surface area contributed by atoms with Crippen LogP contribution in [0.25, 0.3) is 0 Å². The molecule has 0 spiro atoms. The Bertz CT molecular complexity index is 548. The maximum Gasteiger partial charge on any atom is 0.0731 e. The fourth-order valence-electron chi connectivity index (χ4n) is 2.02. The summed E-state index contributed by atoms with van der Waals surface area (Å²) in [7, 11) is 0. The second-order valence-electron chi connectivity index (χ2n) is 4.04. The van der Waals surface area contributed by atoms with Crippen molar-refractivity contribution in [3.05, 3.63) is 71.8 Å². The van der Waals surface area contributed by atoms with Gasteiger partial charge in [-0.2, -0.15) is 0 Å². The molecule has 2 aromatic carbocycles. The number of anilines is 1. The van der Waals surface area contributed by atoms with E-state index in [9.17, 15) is 0 Å². The molecule has 1 aliphatic rings. The molecule has 0 aromatic heterocycles. The molecule has 0 N–H and O–H groups in total. The first kappa shape index (κ1) is 10.5. The molecule has 0 unspecified atom stereocenters. The molecule has 1 nitrogen and oxygen atoms in total. The molecular formula is C15H13NS. The van der Waals surface area contributed by atoms with Gasteiger partial charge >= 0.3 is 0 Å². The van der Waals surface area contributed by atoms with Gasteiger partial charge in [-0.3, -0.25) is 0 Å². The van der Waals surface area contributed by atoms with Crippen molar-refractivity contribution in [3.63, 3.8) is 0 Å². The first-order valence-corrected chi connectivity index (χ1v) is 6.43. The van der Waals surface area contributed by atoms with Crippen LogP contribution in [-0.2, 0) is 6.54 Å². The van der Waals surface area contributed by atoms with Crippen molar-refractivity contribution in [2.75, 3.05) is 4.90 Å². The number of rotatable bonds is 2. The first-order chi connectivity index (χ1) is 8.34. The van der Waals surface area contributed by atoms with E-state index in [1.54, 1.807) is 11.8 Å². The second-order valence-corrected chi connectivity index (χ2v) is 5.15. The zero-order valence-corrected chi connectivity index (χ0v) is 10.3. The smallest absolute Gasteiger partial charge is 0.0731 e. The van der Waals surface area contributed by atoms with Crippen LogP contribution in [-0.4, -0.2) is 0 Å². The van der Waals surface area contributed by atoms with Crippen molar-refractivity contribution in [3.8, 4) is 0 Å². The van der Waals surface area contributed by atoms with Crippen LogP contribution in [0.15, 0.2) is 71.1 Å². The Kier molecular flexibility index (Phi) is 2.65. The van der Waals surface area contributed by atoms with E-state index < -0.39 is 0 Å². The van der Waals surface area contributed by atoms with Gasteiger partial charge in [-0.05, 0) is 17.7 Å². The van der Waals surface area contributed by atoms with E-state index in [0.29, 0.717) is 0 Å². The molecule has 3 rings (SSSR count). The number of nitrogens with zero attached hydrogens (tertiary/aromatic N) is 1. The van der Waals surface area contributed by atoms with Gasteiger partial charge in [0.1, 0.15) is 0 Å². The van der Waals surface area contributed by atoms with Gasteiger partial charge in [-0.15, -0.1) is 0 Å². The molecule has 0 aliphatic carbocycles. The quantitative estimate of drug-likeness (QED) is 0.770. The van der Waals surface area contributed by atoms with Crippen molar-refractivity contribution >= 4 is 17.4 Å². The Morgan fingerprint density at radius 1 is 0.941 bits per heavy atom. The number of benzene rings is 2. The third kappa shape index (κ3) is 1.96. The molecule has 2 aromatic rings. The van der Waals surface area contributed by atoms with Crippen LogP contribution in [0.1, 0.15) is 5.56 Å². The highest BCUT2D eigenvalue weighted by molar-refractivity contribution is 8.03. The standard InChI is InChI=1S/C15H13NS/c1-12-16(11-13-7-3-2-4-8-13)14-9-5-6-10-15(14)17-12/h2-10H,1,11H2. The van der Waals surface area contributed by atoms with E-state index in [4.69, 9.17) is 0 Å². The summed E-state index contributed by atoms with van der Waals surface area (Å²) in [5.41, 5.74) is 2.58. The molecule has 0 radical (unpaired) electrons. The number of hydrogen-bond acceptors (Lipinski definition) is 2. The highest BCUT2D eigenvalue weighted by Gasteiger charge is 2.22. The summed E-state index contributed by atoms with van der Waals surface area (Å²) < 4.78 is 0. The highest BCUT2D eigenvalue weighted by atomic mass is 32.2. The van der Waals surface area contributed by atoms with Crippen LogP contribution in [0.5, 0.6) is 0 Å². The third-order valence-corrected chi connectivity index (χ3v) is 3.89. The average Bonchev–Trinajstić information content (AvgIpc) is 2.68. The fraction of sp³-hybridized carbons (Fsp3) is 0.0667. The van der Waals surface area contributed by atoms with Crippen molar-refractivity contribution in [1.82, 2.24) is 0 Å². The van der Waals surface area contributed by atoms with Crippen LogP contribution < -0.4 is 4.90 Å². The minimum atomic E-state index is 0.893. The summed E-state index contributed by atoms with van der Waals surface area (Å²) >= 11 is 1.75. The molecule has 0 atom stereocenters. The lowest BCUT2D eigenvalue weighted by Gasteiger charge is -2.19. The zero-order chi connectivity index (χ0) is 11.7. The molecular weight excluding hydrogens is 226 g/mol. The lowest BCUT2D eigenvalue weighted by molar-refractivity contribution is 0.958. The Morgan fingerprint density at radius 3 is 2.47 bits per heavy atom. The predicted molar refractivity (Wildman–Crippen MR) is 74.1 cm³/mol. The van der Waals surface area contributed by atoms with E-state index in [0.717, 1.165) is 11.6 Å². The van der Waals surface area contributed by atoms with Gasteiger partial charge < -0.3 is 4.90 Å². The average molecular weight is 239 g/mol. The van der Waals surface area contributed by atoms with E-state index in [-0.39, 0.29) is 0 Å². The van der Waals surface area contributed by atoms with E-state index >= 15 is 0 Å². The van der Waals surface area contributed by atoms with Gasteiger partial charge in [0.05, 0.1) is 10.7 Å². The summed E-state index contributed by atoms with van der Waals surface area (Å²) in [5, 5.41) is 1.11. The fourth-order valence-corrected chi connectivity index (χ4v) is 2.98. The van der Waals surface area contributed by atoms with Crippen LogP contribution in [0, 0.1) is 0 Å². The topological polar surface area (TPSA) is 3.24 Å². The molecule has 17 heavy (non-hydrogen) atoms. The van der Waals surface area contributed by atoms with Crippen molar-refractivity contribution < 1.29 is 0 Å². The van der Waals surface area contributed by atoms with Gasteiger partial charge in [0.25, 0.3) is 0 Å². The Balaban J connectivity index is 1.92. The molecule has 0 bridgehead atoms. The van der Waals surface area contributed by atoms with E-state index in [1.807, 2.05) is 6.07 Å². The lowest BCUT2D eigenvalue weighted by atomic mass is 10.2. The summed E-state index contributed by atoms with van der Waals surface area (Å²) in [6.07, 6.45) is 0. The van der Waals surface area contributed by atoms with E-state index in [1.165, 1.54) is 16.1 Å². The van der Waals surface area contributed by atoms with Crippen LogP contribution in [0.2, 0.25) is 0 Å². The highest BCUT2D eigenvalue weighted by Crippen LogP contribution is 2.45. The predicted octanol–water partition coefficient (Wildman–Crippen LogP) is 4.27. The molecule has 1 aliphatic heterocycles. The second kappa shape index (κ2) is 4.30. The normalized spacial score (nSPS) is 13.9. The summed E-state index contributed by atoms with van der Waals surface area (Å²) in [6, 6.07) is 19.0. The molecule has 0 saturated heterocycles. The van der Waals surface area contributed by atoms with Gasteiger partial charge in [0, 0.05) is 11.4 Å². The number of thioether (sulfide) groups is 1. The molecule has 0 saturated carbocycles. The first-order valence-electron chi connectivity index (χ1n) is 5.62. The maximum absolute atomic E-state index is 4.14. The van der Waals surface area contributed by atoms with Crippen molar-refractivity contribution in [1.29, 1.82) is 0 Å². The summed E-state index contributed by atoms with van der Waals surface area (Å²) in [6.45, 7) is 5.03. The largest absolute Gasteiger partial charge is 0.331 e. The molecule has 2 heteroatoms. The number of fused-ring (bicyclic) bond motifs is 1. The van der Waals surface area contributed by atoms with Gasteiger partial charge in [0.15, 0.2) is 0 Å². The zero-order valence-electron chi connectivity index (χ0n) is 9.47. The number of para-hydroxylation sites is 1. The Hall–Kier alpha value is -1.67. The van der Waals surface area contributed by atoms with Gasteiger partial charge in [0.2, 0.25) is 0 Å². The maximum atomic E-state index is 4.14. The van der Waals surface area contributed by atoms with Crippen LogP contribution in [0.3, 0.4) is 0 Å². The summed E-state index contributed by atoms with van der Waals surface area (Å²) in [4.78, 5) is 3.57. The SMILES string of the molecule is C=C1Sc2ccccc2N1Cc1ccccc1. The minimum Gasteiger partial charge on any atom is -0.331 e. The lowest BCUT2D eigenvalue weighted by Crippen LogP contribution is -2.15.